The monoisotopic (exact) mass is 295 g/mol. The Balaban J connectivity index is 2.34. The number of nitriles is 1. The van der Waals surface area contributed by atoms with E-state index in [4.69, 9.17) is 34.2 Å². The summed E-state index contributed by atoms with van der Waals surface area (Å²) in [6.45, 7) is 0. The Morgan fingerprint density at radius 3 is 2.72 bits per heavy atom. The number of anilines is 1. The third-order valence-electron chi connectivity index (χ3n) is 2.11. The highest BCUT2D eigenvalue weighted by molar-refractivity contribution is 7.99. The van der Waals surface area contributed by atoms with Crippen LogP contribution in [-0.4, -0.2) is 4.98 Å². The second-order valence-corrected chi connectivity index (χ2v) is 5.28. The van der Waals surface area contributed by atoms with Crippen molar-refractivity contribution >= 4 is 40.7 Å². The summed E-state index contributed by atoms with van der Waals surface area (Å²) in [7, 11) is 0. The Hall–Kier alpha value is -1.41. The minimum atomic E-state index is 0.425. The number of nitrogens with zero attached hydrogens (tertiary/aromatic N) is 2. The molecule has 0 aliphatic heterocycles. The van der Waals surface area contributed by atoms with Gasteiger partial charge in [-0.1, -0.05) is 35.0 Å². The van der Waals surface area contributed by atoms with Crippen molar-refractivity contribution in [3.05, 3.63) is 46.1 Å². The molecule has 0 aliphatic rings. The van der Waals surface area contributed by atoms with Crippen molar-refractivity contribution in [3.8, 4) is 6.07 Å². The summed E-state index contributed by atoms with van der Waals surface area (Å²) in [5.74, 6) is 0. The Kier molecular flexibility index (Phi) is 3.97. The maximum absolute atomic E-state index is 8.73. The first-order valence-corrected chi connectivity index (χ1v) is 6.46. The molecule has 2 aromatic rings. The van der Waals surface area contributed by atoms with E-state index in [-0.39, 0.29) is 0 Å². The zero-order valence-electron chi connectivity index (χ0n) is 9.02. The fraction of sp³-hybridized carbons (Fsp3) is 0. The number of halogens is 2. The van der Waals surface area contributed by atoms with Crippen LogP contribution in [0.25, 0.3) is 0 Å². The standard InChI is InChI=1S/C12H7Cl2N3S/c13-8-1-2-9(14)11(4-8)18-12-10(16)3-7(5-15)6-17-12/h1-4,6H,16H2. The summed E-state index contributed by atoms with van der Waals surface area (Å²) in [6, 6.07) is 8.73. The molecule has 0 spiro atoms. The van der Waals surface area contributed by atoms with Crippen molar-refractivity contribution in [2.75, 3.05) is 5.73 Å². The van der Waals surface area contributed by atoms with Gasteiger partial charge in [-0.2, -0.15) is 5.26 Å². The summed E-state index contributed by atoms with van der Waals surface area (Å²) in [4.78, 5) is 4.90. The summed E-state index contributed by atoms with van der Waals surface area (Å²) in [5.41, 5.74) is 6.69. The zero-order chi connectivity index (χ0) is 13.1. The van der Waals surface area contributed by atoms with Crippen molar-refractivity contribution in [3.63, 3.8) is 0 Å². The molecule has 0 amide bonds. The van der Waals surface area contributed by atoms with E-state index in [1.807, 2.05) is 6.07 Å². The molecule has 90 valence electrons. The van der Waals surface area contributed by atoms with Crippen molar-refractivity contribution < 1.29 is 0 Å². The van der Waals surface area contributed by atoms with E-state index in [0.29, 0.717) is 26.3 Å². The number of nitrogens with two attached hydrogens (primary N) is 1. The maximum Gasteiger partial charge on any atom is 0.124 e. The van der Waals surface area contributed by atoms with Gasteiger partial charge in [0.25, 0.3) is 0 Å². The molecule has 0 unspecified atom stereocenters. The fourth-order valence-electron chi connectivity index (χ4n) is 1.28. The molecule has 2 N–H and O–H groups in total. The van der Waals surface area contributed by atoms with Gasteiger partial charge in [0, 0.05) is 16.1 Å². The average molecular weight is 296 g/mol. The maximum atomic E-state index is 8.73. The molecule has 0 saturated carbocycles. The van der Waals surface area contributed by atoms with Crippen LogP contribution in [0.15, 0.2) is 40.4 Å². The van der Waals surface area contributed by atoms with E-state index < -0.39 is 0 Å². The van der Waals surface area contributed by atoms with Crippen molar-refractivity contribution in [1.82, 2.24) is 4.98 Å². The van der Waals surface area contributed by atoms with Gasteiger partial charge in [-0.3, -0.25) is 0 Å². The average Bonchev–Trinajstić information content (AvgIpc) is 2.36. The molecule has 0 aliphatic carbocycles. The highest BCUT2D eigenvalue weighted by Gasteiger charge is 2.08. The topological polar surface area (TPSA) is 62.7 Å². The number of benzene rings is 1. The van der Waals surface area contributed by atoms with Gasteiger partial charge in [0.15, 0.2) is 0 Å². The quantitative estimate of drug-likeness (QED) is 0.910. The van der Waals surface area contributed by atoms with Crippen LogP contribution in [0.2, 0.25) is 10.0 Å². The highest BCUT2D eigenvalue weighted by Crippen LogP contribution is 2.36. The zero-order valence-corrected chi connectivity index (χ0v) is 11.4. The van der Waals surface area contributed by atoms with Gasteiger partial charge in [0.1, 0.15) is 11.1 Å². The SMILES string of the molecule is N#Cc1cnc(Sc2cc(Cl)ccc2Cl)c(N)c1. The molecule has 0 bridgehead atoms. The van der Waals surface area contributed by atoms with E-state index in [2.05, 4.69) is 4.98 Å². The number of hydrogen-bond acceptors (Lipinski definition) is 4. The largest absolute Gasteiger partial charge is 0.396 e. The van der Waals surface area contributed by atoms with Gasteiger partial charge >= 0.3 is 0 Å². The molecular weight excluding hydrogens is 289 g/mol. The second kappa shape index (κ2) is 5.49. The summed E-state index contributed by atoms with van der Waals surface area (Å²) in [6.07, 6.45) is 1.47. The molecule has 1 heterocycles. The van der Waals surface area contributed by atoms with Crippen LogP contribution in [0, 0.1) is 11.3 Å². The lowest BCUT2D eigenvalue weighted by Crippen LogP contribution is -1.93. The lowest BCUT2D eigenvalue weighted by molar-refractivity contribution is 1.13. The van der Waals surface area contributed by atoms with Crippen molar-refractivity contribution in [1.29, 1.82) is 5.26 Å². The van der Waals surface area contributed by atoms with Crippen LogP contribution in [-0.2, 0) is 0 Å². The van der Waals surface area contributed by atoms with Crippen LogP contribution in [0.5, 0.6) is 0 Å². The summed E-state index contributed by atoms with van der Waals surface area (Å²) in [5, 5.41) is 10.5. The van der Waals surface area contributed by atoms with Crippen LogP contribution in [0.3, 0.4) is 0 Å². The molecule has 0 radical (unpaired) electrons. The van der Waals surface area contributed by atoms with E-state index in [1.165, 1.54) is 18.0 Å². The van der Waals surface area contributed by atoms with Crippen molar-refractivity contribution in [2.45, 2.75) is 9.92 Å². The Labute approximate surface area is 119 Å². The molecule has 1 aromatic heterocycles. The molecule has 0 atom stereocenters. The Morgan fingerprint density at radius 2 is 2.06 bits per heavy atom. The second-order valence-electron chi connectivity index (χ2n) is 3.41. The molecular formula is C12H7Cl2N3S. The van der Waals surface area contributed by atoms with E-state index >= 15 is 0 Å². The minimum Gasteiger partial charge on any atom is -0.396 e. The van der Waals surface area contributed by atoms with Crippen LogP contribution >= 0.6 is 35.0 Å². The highest BCUT2D eigenvalue weighted by atomic mass is 35.5. The van der Waals surface area contributed by atoms with Gasteiger partial charge in [-0.05, 0) is 24.3 Å². The van der Waals surface area contributed by atoms with E-state index in [0.717, 1.165) is 4.90 Å². The lowest BCUT2D eigenvalue weighted by atomic mass is 10.3. The van der Waals surface area contributed by atoms with Gasteiger partial charge in [0.05, 0.1) is 16.3 Å². The smallest absolute Gasteiger partial charge is 0.124 e. The lowest BCUT2D eigenvalue weighted by Gasteiger charge is -2.06. The first kappa shape index (κ1) is 13.0. The van der Waals surface area contributed by atoms with Crippen LogP contribution < -0.4 is 5.73 Å². The van der Waals surface area contributed by atoms with Gasteiger partial charge in [-0.25, -0.2) is 4.98 Å². The van der Waals surface area contributed by atoms with Gasteiger partial charge < -0.3 is 5.73 Å². The first-order valence-electron chi connectivity index (χ1n) is 4.88. The van der Waals surface area contributed by atoms with Crippen LogP contribution in [0.4, 0.5) is 5.69 Å². The van der Waals surface area contributed by atoms with E-state index in [9.17, 15) is 0 Å². The fourth-order valence-corrected chi connectivity index (χ4v) is 2.59. The predicted molar refractivity (Wildman–Crippen MR) is 73.9 cm³/mol. The summed E-state index contributed by atoms with van der Waals surface area (Å²) >= 11 is 13.3. The normalized spacial score (nSPS) is 10.1. The van der Waals surface area contributed by atoms with Crippen LogP contribution in [0.1, 0.15) is 5.56 Å². The molecule has 0 fully saturated rings. The summed E-state index contributed by atoms with van der Waals surface area (Å²) < 4.78 is 0. The number of aromatic nitrogens is 1. The molecule has 3 nitrogen and oxygen atoms in total. The molecule has 1 aromatic carbocycles. The Bertz CT molecular complexity index is 638. The van der Waals surface area contributed by atoms with Crippen molar-refractivity contribution in [2.24, 2.45) is 0 Å². The molecule has 6 heteroatoms. The van der Waals surface area contributed by atoms with Gasteiger partial charge in [0.2, 0.25) is 0 Å². The number of rotatable bonds is 2. The third-order valence-corrected chi connectivity index (χ3v) is 3.88. The minimum absolute atomic E-state index is 0.425. The Morgan fingerprint density at radius 1 is 1.28 bits per heavy atom. The number of hydrogen-bond donors (Lipinski definition) is 1. The third kappa shape index (κ3) is 2.88. The molecule has 2 rings (SSSR count). The molecule has 18 heavy (non-hydrogen) atoms. The molecule has 0 saturated heterocycles. The predicted octanol–water partition coefficient (Wildman–Crippen LogP) is 3.99. The van der Waals surface area contributed by atoms with Gasteiger partial charge in [-0.15, -0.1) is 0 Å². The first-order chi connectivity index (χ1) is 8.60. The van der Waals surface area contributed by atoms with E-state index in [1.54, 1.807) is 24.3 Å². The number of nitrogen functional groups attached to an aromatic ring is 1. The number of pyridine rings is 1.